The van der Waals surface area contributed by atoms with Crippen LogP contribution in [-0.2, 0) is 50.9 Å². The second kappa shape index (κ2) is 29.1. The molecule has 4 aromatic carbocycles. The topological polar surface area (TPSA) is 158 Å². The highest BCUT2D eigenvalue weighted by atomic mass is 35.5. The van der Waals surface area contributed by atoms with Gasteiger partial charge in [-0.05, 0) is 123 Å². The smallest absolute Gasteiger partial charge is 0.311 e. The maximum Gasteiger partial charge on any atom is 0.311 e. The number of methoxy groups -OCH3 is 1. The monoisotopic (exact) mass is 975 g/mol. The summed E-state index contributed by atoms with van der Waals surface area (Å²) in [5, 5.41) is 24.2. The first-order valence-corrected chi connectivity index (χ1v) is 24.7. The Morgan fingerprint density at radius 3 is 1.53 bits per heavy atom. The third kappa shape index (κ3) is 21.0. The van der Waals surface area contributed by atoms with E-state index in [1.165, 1.54) is 24.3 Å². The molecule has 0 aliphatic carbocycles. The van der Waals surface area contributed by atoms with E-state index < -0.39 is 35.8 Å². The average Bonchev–Trinajstić information content (AvgIpc) is 3.25. The van der Waals surface area contributed by atoms with Gasteiger partial charge in [0.25, 0.3) is 23.9 Å². The molecule has 360 valence electrons. The predicted molar refractivity (Wildman–Crippen MR) is 260 cm³/mol. The molecule has 0 spiro atoms. The normalized spacial score (nSPS) is 13.2. The summed E-state index contributed by atoms with van der Waals surface area (Å²) >= 11 is 12.0. The molecule has 0 amide bonds. The van der Waals surface area contributed by atoms with E-state index in [1.807, 2.05) is 36.4 Å². The molecule has 4 atom stereocenters. The summed E-state index contributed by atoms with van der Waals surface area (Å²) in [6.07, 6.45) is 3.98. The van der Waals surface area contributed by atoms with Gasteiger partial charge in [-0.2, -0.15) is 8.42 Å². The van der Waals surface area contributed by atoms with Gasteiger partial charge in [0.15, 0.2) is 0 Å². The minimum atomic E-state index is -3.72. The first kappa shape index (κ1) is 56.5. The average molecular weight is 977 g/mol. The maximum atomic E-state index is 14.2. The van der Waals surface area contributed by atoms with Crippen molar-refractivity contribution in [2.75, 3.05) is 52.9 Å². The van der Waals surface area contributed by atoms with Gasteiger partial charge in [0, 0.05) is 41.4 Å². The molecule has 66 heavy (non-hydrogen) atoms. The summed E-state index contributed by atoms with van der Waals surface area (Å²) in [4.78, 5) is 24.9. The molecule has 4 rings (SSSR count). The minimum Gasteiger partial charge on any atom is -0.466 e. The molecular formula is C48H63B2Cl2F2NO10S. The Morgan fingerprint density at radius 1 is 0.712 bits per heavy atom. The molecule has 0 unspecified atom stereocenters. The molecule has 3 N–H and O–H groups in total. The van der Waals surface area contributed by atoms with E-state index in [0.717, 1.165) is 22.9 Å². The van der Waals surface area contributed by atoms with Crippen LogP contribution >= 0.6 is 23.2 Å². The SMILES string of the molecule is CCOC(=O)[C@H](CNCCOC)C[C@H](CB(C)O)Cc1ccc(-c2cc(Cl)ccc2F)cc1.CCOC(=O)[C@H](COS(C)(=O)=O)C[C@H](CB(C)O)Cc1ccc(-c2cc(Cl)ccc2F)cc1. The van der Waals surface area contributed by atoms with Crippen LogP contribution in [-0.4, -0.2) is 97.1 Å². The second-order valence-corrected chi connectivity index (χ2v) is 19.0. The molecule has 0 heterocycles. The third-order valence-electron chi connectivity index (χ3n) is 10.6. The zero-order valence-electron chi connectivity index (χ0n) is 38.6. The first-order chi connectivity index (χ1) is 31.3. The van der Waals surface area contributed by atoms with Gasteiger partial charge in [0.1, 0.15) is 11.6 Å². The number of benzene rings is 4. The van der Waals surface area contributed by atoms with Crippen LogP contribution in [0.4, 0.5) is 8.78 Å². The number of ether oxygens (including phenoxy) is 3. The Hall–Kier alpha value is -3.86. The number of carbonyl (C=O) groups excluding carboxylic acids is 2. The maximum absolute atomic E-state index is 14.2. The molecule has 0 bridgehead atoms. The van der Waals surface area contributed by atoms with E-state index in [4.69, 9.17) is 41.6 Å². The standard InChI is InChI=1S/C25H34BClFNO4.C23H29BClFO6S/c1-4-33-25(30)21(17-29-11-12-32-3)14-19(16-26(2)31)13-18-5-7-20(8-6-18)23-15-22(27)9-10-24(23)28;1-4-31-23(27)19(15-32-33(3,29)30)12-17(14-24(2)28)11-16-5-7-18(8-6-16)21-13-20(25)9-10-22(21)26/h5-10,15,19,21,29,31H,4,11-14,16-17H2,1-3H3;5-10,13,17,19,28H,4,11-12,14-15H2,1-3H3/t19-,21+;17-,19+/m11/s1. The van der Waals surface area contributed by atoms with E-state index in [-0.39, 0.29) is 55.0 Å². The summed E-state index contributed by atoms with van der Waals surface area (Å²) < 4.78 is 71.5. The molecule has 0 saturated carbocycles. The van der Waals surface area contributed by atoms with Crippen molar-refractivity contribution in [1.82, 2.24) is 5.32 Å². The number of carbonyl (C=O) groups is 2. The molecule has 0 aromatic heterocycles. The summed E-state index contributed by atoms with van der Waals surface area (Å²) in [6.45, 7) is 7.65. The number of hydrogen-bond donors (Lipinski definition) is 3. The summed E-state index contributed by atoms with van der Waals surface area (Å²) in [5.74, 6) is -2.63. The number of esters is 2. The van der Waals surface area contributed by atoms with Crippen molar-refractivity contribution in [2.24, 2.45) is 23.7 Å². The molecule has 11 nitrogen and oxygen atoms in total. The van der Waals surface area contributed by atoms with Crippen LogP contribution in [0.3, 0.4) is 0 Å². The van der Waals surface area contributed by atoms with Gasteiger partial charge in [-0.15, -0.1) is 0 Å². The summed E-state index contributed by atoms with van der Waals surface area (Å²) in [7, 11) is -2.09. The fourth-order valence-electron chi connectivity index (χ4n) is 7.71. The lowest BCUT2D eigenvalue weighted by atomic mass is 9.62. The fraction of sp³-hybridized carbons (Fsp3) is 0.458. The first-order valence-electron chi connectivity index (χ1n) is 22.1. The molecule has 0 aliphatic heterocycles. The Bertz CT molecular complexity index is 2210. The van der Waals surface area contributed by atoms with Crippen LogP contribution in [0.1, 0.15) is 37.8 Å². The van der Waals surface area contributed by atoms with Gasteiger partial charge in [-0.25, -0.2) is 8.78 Å². The Kier molecular flexibility index (Phi) is 24.9. The fourth-order valence-corrected chi connectivity index (χ4v) is 8.47. The molecule has 18 heteroatoms. The van der Waals surface area contributed by atoms with Gasteiger partial charge >= 0.3 is 11.9 Å². The Morgan fingerprint density at radius 2 is 1.14 bits per heavy atom. The largest absolute Gasteiger partial charge is 0.466 e. The third-order valence-corrected chi connectivity index (χ3v) is 11.7. The highest BCUT2D eigenvalue weighted by molar-refractivity contribution is 7.86. The number of halogens is 4. The Labute approximate surface area is 400 Å². The van der Waals surface area contributed by atoms with Crippen molar-refractivity contribution >= 4 is 59.1 Å². The summed E-state index contributed by atoms with van der Waals surface area (Å²) in [6, 6.07) is 23.8. The van der Waals surface area contributed by atoms with Gasteiger partial charge in [0.05, 0.1) is 44.5 Å². The van der Waals surface area contributed by atoms with Crippen LogP contribution in [0.15, 0.2) is 84.9 Å². The van der Waals surface area contributed by atoms with Crippen LogP contribution in [0.2, 0.25) is 36.3 Å². The molecule has 0 radical (unpaired) electrons. The van der Waals surface area contributed by atoms with E-state index >= 15 is 0 Å². The van der Waals surface area contributed by atoms with Gasteiger partial charge < -0.3 is 29.6 Å². The minimum absolute atomic E-state index is 0.0809. The van der Waals surface area contributed by atoms with Crippen molar-refractivity contribution in [1.29, 1.82) is 0 Å². The number of hydrogen-bond acceptors (Lipinski definition) is 11. The second-order valence-electron chi connectivity index (χ2n) is 16.5. The van der Waals surface area contributed by atoms with E-state index in [2.05, 4.69) is 5.32 Å². The van der Waals surface area contributed by atoms with Gasteiger partial charge in [-0.1, -0.05) is 85.4 Å². The van der Waals surface area contributed by atoms with Crippen molar-refractivity contribution in [3.8, 4) is 22.3 Å². The van der Waals surface area contributed by atoms with E-state index in [1.54, 1.807) is 58.9 Å². The highest BCUT2D eigenvalue weighted by Crippen LogP contribution is 2.31. The lowest BCUT2D eigenvalue weighted by Gasteiger charge is -2.23. The van der Waals surface area contributed by atoms with Crippen LogP contribution in [0.5, 0.6) is 0 Å². The summed E-state index contributed by atoms with van der Waals surface area (Å²) in [5.41, 5.74) is 4.27. The van der Waals surface area contributed by atoms with E-state index in [9.17, 15) is 36.8 Å². The lowest BCUT2D eigenvalue weighted by Crippen LogP contribution is -2.34. The van der Waals surface area contributed by atoms with Gasteiger partial charge in [0.2, 0.25) is 0 Å². The van der Waals surface area contributed by atoms with Crippen LogP contribution < -0.4 is 5.32 Å². The predicted octanol–water partition coefficient (Wildman–Crippen LogP) is 9.19. The number of nitrogens with one attached hydrogen (secondary N) is 1. The quantitative estimate of drug-likeness (QED) is 0.0239. The zero-order valence-corrected chi connectivity index (χ0v) is 40.9. The lowest BCUT2D eigenvalue weighted by molar-refractivity contribution is -0.150. The van der Waals surface area contributed by atoms with Crippen molar-refractivity contribution < 1.29 is 55.2 Å². The van der Waals surface area contributed by atoms with Gasteiger partial charge in [-0.3, -0.25) is 13.8 Å². The molecular weight excluding hydrogens is 913 g/mol. The highest BCUT2D eigenvalue weighted by Gasteiger charge is 2.29. The van der Waals surface area contributed by atoms with Crippen molar-refractivity contribution in [3.05, 3.63) is 118 Å². The van der Waals surface area contributed by atoms with Crippen LogP contribution in [0, 0.1) is 35.3 Å². The van der Waals surface area contributed by atoms with Crippen molar-refractivity contribution in [2.45, 2.75) is 65.8 Å². The molecule has 0 fully saturated rings. The van der Waals surface area contributed by atoms with Crippen molar-refractivity contribution in [3.63, 3.8) is 0 Å². The molecule has 0 aliphatic rings. The van der Waals surface area contributed by atoms with Crippen LogP contribution in [0.25, 0.3) is 22.3 Å². The molecule has 4 aromatic rings. The molecule has 0 saturated heterocycles. The number of rotatable bonds is 26. The Balaban J connectivity index is 0.000000350. The zero-order chi connectivity index (χ0) is 48.8. The van der Waals surface area contributed by atoms with E-state index in [0.29, 0.717) is 84.9 Å².